The Labute approximate surface area is 373 Å². The first-order valence-electron chi connectivity index (χ1n) is 23.4. The van der Waals surface area contributed by atoms with Crippen molar-refractivity contribution in [3.05, 3.63) is 59.3 Å². The SMILES string of the molecule is CCCC(C)C1OC2(C=CC1C)CC1CC(CC=C(C)C(OC3CC(OC)C(OC4CC(OC)C(O)C(C)O4)C(C)O3)C(C)C=CC=C3COC4C(O)C(C)=CC(C(=O)O1)C34O)O2. The molecule has 3 N–H and O–H groups in total. The molecule has 4 fully saturated rings. The maximum absolute atomic E-state index is 14.4. The van der Waals surface area contributed by atoms with Gasteiger partial charge in [0, 0.05) is 51.7 Å². The molecule has 0 aromatic heterocycles. The van der Waals surface area contributed by atoms with Gasteiger partial charge in [-0.25, -0.2) is 0 Å². The Hall–Kier alpha value is -2.31. The predicted octanol–water partition coefficient (Wildman–Crippen LogP) is 5.77. The molecule has 6 heterocycles. The summed E-state index contributed by atoms with van der Waals surface area (Å²) < 4.78 is 63.8. The zero-order valence-electron chi connectivity index (χ0n) is 38.9. The van der Waals surface area contributed by atoms with Crippen LogP contribution in [0.4, 0.5) is 0 Å². The van der Waals surface area contributed by atoms with Crippen molar-refractivity contribution in [2.45, 2.75) is 198 Å². The van der Waals surface area contributed by atoms with E-state index in [1.165, 1.54) is 0 Å². The highest BCUT2D eigenvalue weighted by atomic mass is 16.7. The molecule has 6 aliphatic heterocycles. The number of esters is 1. The number of rotatable bonds is 9. The largest absolute Gasteiger partial charge is 0.462 e. The summed E-state index contributed by atoms with van der Waals surface area (Å²) in [5, 5.41) is 34.3. The Morgan fingerprint density at radius 1 is 0.889 bits per heavy atom. The standard InChI is InChI=1S/C49H74O14/c1-11-13-26(2)44-29(5)18-19-48(63-44)24-35-21-34(62-48)17-16-28(4)43(27(3)14-12-15-33-25-56-46-41(50)30(6)20-36(47(52)59-35)49(33,46)53)60-40-23-38(55-10)45(32(8)58-40)61-39-22-37(54-9)42(51)31(7)57-39/h12,14-16,18-20,26-27,29,31-32,34-46,50-51,53H,11,13,17,21-25H2,1-10H3. The highest BCUT2D eigenvalue weighted by Crippen LogP contribution is 2.47. The van der Waals surface area contributed by atoms with Crippen molar-refractivity contribution in [3.8, 4) is 0 Å². The van der Waals surface area contributed by atoms with Crippen LogP contribution in [0.5, 0.6) is 0 Å². The van der Waals surface area contributed by atoms with E-state index in [0.717, 1.165) is 18.4 Å². The molecule has 1 spiro atoms. The molecular formula is C49H74O14. The van der Waals surface area contributed by atoms with Crippen molar-refractivity contribution in [2.75, 3.05) is 20.8 Å². The smallest absolute Gasteiger partial charge is 0.316 e. The highest BCUT2D eigenvalue weighted by Gasteiger charge is 2.60. The van der Waals surface area contributed by atoms with E-state index in [0.29, 0.717) is 43.3 Å². The molecular weight excluding hydrogens is 813 g/mol. The van der Waals surface area contributed by atoms with Gasteiger partial charge in [0.15, 0.2) is 18.4 Å². The summed E-state index contributed by atoms with van der Waals surface area (Å²) in [7, 11) is 3.22. The van der Waals surface area contributed by atoms with E-state index in [2.05, 4.69) is 39.8 Å². The maximum atomic E-state index is 14.4. The van der Waals surface area contributed by atoms with E-state index in [-0.39, 0.29) is 42.7 Å². The second-order valence-electron chi connectivity index (χ2n) is 19.3. The minimum Gasteiger partial charge on any atom is -0.462 e. The quantitative estimate of drug-likeness (QED) is 0.189. The van der Waals surface area contributed by atoms with Crippen molar-refractivity contribution < 1.29 is 67.5 Å². The number of methoxy groups -OCH3 is 2. The van der Waals surface area contributed by atoms with Crippen molar-refractivity contribution >= 4 is 5.97 Å². The number of hydrogen-bond acceptors (Lipinski definition) is 14. The second kappa shape index (κ2) is 20.3. The Kier molecular flexibility index (Phi) is 15.7. The molecule has 0 amide bonds. The Morgan fingerprint density at radius 3 is 2.33 bits per heavy atom. The molecule has 0 saturated carbocycles. The van der Waals surface area contributed by atoms with Crippen LogP contribution in [0, 0.1) is 23.7 Å². The molecule has 0 aromatic carbocycles. The van der Waals surface area contributed by atoms with Gasteiger partial charge in [0.2, 0.25) is 0 Å². The summed E-state index contributed by atoms with van der Waals surface area (Å²) in [6.07, 6.45) is 9.69. The number of allylic oxidation sites excluding steroid dienone is 2. The third-order valence-electron chi connectivity index (χ3n) is 14.6. The zero-order valence-corrected chi connectivity index (χ0v) is 38.9. The van der Waals surface area contributed by atoms with Gasteiger partial charge < -0.3 is 62.7 Å². The fourth-order valence-electron chi connectivity index (χ4n) is 10.9. The molecule has 14 nitrogen and oxygen atoms in total. The van der Waals surface area contributed by atoms with Crippen LogP contribution in [0.15, 0.2) is 59.3 Å². The topological polar surface area (TPSA) is 170 Å². The van der Waals surface area contributed by atoms with Gasteiger partial charge in [0.1, 0.15) is 42.0 Å². The number of carbonyl (C=O) groups excluding carboxylic acids is 1. The summed E-state index contributed by atoms with van der Waals surface area (Å²) >= 11 is 0. The Balaban J connectivity index is 1.18. The minimum absolute atomic E-state index is 0.0320. The first-order chi connectivity index (χ1) is 30.0. The van der Waals surface area contributed by atoms with Gasteiger partial charge in [-0.3, -0.25) is 4.79 Å². The zero-order chi connectivity index (χ0) is 45.4. The number of aliphatic hydroxyl groups is 3. The molecule has 7 rings (SSSR count). The highest BCUT2D eigenvalue weighted by molar-refractivity contribution is 5.78. The van der Waals surface area contributed by atoms with Crippen LogP contribution < -0.4 is 0 Å². The van der Waals surface area contributed by atoms with Gasteiger partial charge >= 0.3 is 5.97 Å². The minimum atomic E-state index is -1.84. The van der Waals surface area contributed by atoms with E-state index in [1.807, 2.05) is 32.1 Å². The average molecular weight is 887 g/mol. The van der Waals surface area contributed by atoms with Crippen LogP contribution in [0.3, 0.4) is 0 Å². The van der Waals surface area contributed by atoms with Crippen LogP contribution in [0.25, 0.3) is 0 Å². The molecule has 20 atom stereocenters. The number of carbonyl (C=O) groups is 1. The molecule has 1 aliphatic carbocycles. The van der Waals surface area contributed by atoms with E-state index >= 15 is 0 Å². The lowest BCUT2D eigenvalue weighted by molar-refractivity contribution is -0.318. The van der Waals surface area contributed by atoms with Crippen LogP contribution >= 0.6 is 0 Å². The third kappa shape index (κ3) is 10.2. The van der Waals surface area contributed by atoms with Gasteiger partial charge in [0.25, 0.3) is 0 Å². The molecule has 2 bridgehead atoms. The second-order valence-corrected chi connectivity index (χ2v) is 19.3. The molecule has 7 aliphatic rings. The summed E-state index contributed by atoms with van der Waals surface area (Å²) in [5.74, 6) is -2.55. The predicted molar refractivity (Wildman–Crippen MR) is 232 cm³/mol. The van der Waals surface area contributed by atoms with Gasteiger partial charge in [-0.1, -0.05) is 70.6 Å². The lowest BCUT2D eigenvalue weighted by atomic mass is 9.71. The molecule has 63 heavy (non-hydrogen) atoms. The first kappa shape index (κ1) is 48.6. The Bertz CT molecular complexity index is 1740. The van der Waals surface area contributed by atoms with Crippen LogP contribution in [0.1, 0.15) is 100 Å². The summed E-state index contributed by atoms with van der Waals surface area (Å²) in [6.45, 7) is 16.2. The fourth-order valence-corrected chi connectivity index (χ4v) is 10.9. The normalized spacial score (nSPS) is 46.4. The van der Waals surface area contributed by atoms with Crippen molar-refractivity contribution in [1.29, 1.82) is 0 Å². The van der Waals surface area contributed by atoms with Crippen LogP contribution in [-0.2, 0) is 52.2 Å². The number of aliphatic hydroxyl groups excluding tert-OH is 2. The summed E-state index contributed by atoms with van der Waals surface area (Å²) in [6, 6.07) is 0. The molecule has 14 heteroatoms. The third-order valence-corrected chi connectivity index (χ3v) is 14.6. The van der Waals surface area contributed by atoms with Gasteiger partial charge in [0.05, 0.1) is 49.3 Å². The van der Waals surface area contributed by atoms with E-state index in [4.69, 9.17) is 47.4 Å². The van der Waals surface area contributed by atoms with Gasteiger partial charge in [-0.2, -0.15) is 0 Å². The molecule has 4 saturated heterocycles. The summed E-state index contributed by atoms with van der Waals surface area (Å²) in [4.78, 5) is 14.4. The Morgan fingerprint density at radius 2 is 1.60 bits per heavy atom. The molecule has 354 valence electrons. The van der Waals surface area contributed by atoms with Gasteiger partial charge in [-0.05, 0) is 69.2 Å². The fraction of sp³-hybridized carbons (Fsp3) is 0.776. The number of ether oxygens (including phenoxy) is 10. The number of hydrogen-bond donors (Lipinski definition) is 3. The monoisotopic (exact) mass is 887 g/mol. The van der Waals surface area contributed by atoms with E-state index in [1.54, 1.807) is 40.2 Å². The lowest BCUT2D eigenvalue weighted by Crippen LogP contribution is -2.58. The number of fused-ring (bicyclic) bond motifs is 2. The van der Waals surface area contributed by atoms with E-state index < -0.39 is 90.8 Å². The molecule has 0 aromatic rings. The van der Waals surface area contributed by atoms with Crippen molar-refractivity contribution in [3.63, 3.8) is 0 Å². The maximum Gasteiger partial charge on any atom is 0.316 e. The lowest BCUT2D eigenvalue weighted by Gasteiger charge is -2.48. The van der Waals surface area contributed by atoms with Crippen molar-refractivity contribution in [1.82, 2.24) is 0 Å². The summed E-state index contributed by atoms with van der Waals surface area (Å²) in [5.41, 5.74) is 0.137. The van der Waals surface area contributed by atoms with Crippen LogP contribution in [-0.4, -0.2) is 139 Å². The molecule has 20 unspecified atom stereocenters. The van der Waals surface area contributed by atoms with E-state index in [9.17, 15) is 20.1 Å². The molecule has 0 radical (unpaired) electrons. The van der Waals surface area contributed by atoms with Gasteiger partial charge in [-0.15, -0.1) is 0 Å². The van der Waals surface area contributed by atoms with Crippen LogP contribution in [0.2, 0.25) is 0 Å². The van der Waals surface area contributed by atoms with Crippen molar-refractivity contribution in [2.24, 2.45) is 23.7 Å². The first-order valence-corrected chi connectivity index (χ1v) is 23.4. The average Bonchev–Trinajstić information content (AvgIpc) is 3.59.